The number of nitrogens with zero attached hydrogens (tertiary/aromatic N) is 1. The van der Waals surface area contributed by atoms with E-state index in [0.29, 0.717) is 16.3 Å². The van der Waals surface area contributed by atoms with Crippen LogP contribution in [0.2, 0.25) is 5.02 Å². The van der Waals surface area contributed by atoms with Crippen LogP contribution in [0.1, 0.15) is 16.7 Å². The summed E-state index contributed by atoms with van der Waals surface area (Å²) in [5, 5.41) is 2.72. The Morgan fingerprint density at radius 1 is 1.15 bits per heavy atom. The van der Waals surface area contributed by atoms with Crippen molar-refractivity contribution in [3.05, 3.63) is 69.1 Å². The first kappa shape index (κ1) is 19.2. The first-order valence-electron chi connectivity index (χ1n) is 8.22. The number of benzene rings is 2. The van der Waals surface area contributed by atoms with E-state index in [4.69, 9.17) is 11.6 Å². The smallest absolute Gasteiger partial charge is 0.294 e. The van der Waals surface area contributed by atoms with Crippen LogP contribution >= 0.6 is 23.4 Å². The Bertz CT molecular complexity index is 971. The number of hydrogen-bond donors (Lipinski definition) is 1. The average molecular weight is 401 g/mol. The summed E-state index contributed by atoms with van der Waals surface area (Å²) in [4.78, 5) is 38.1. The number of anilines is 1. The minimum Gasteiger partial charge on any atom is -0.325 e. The Kier molecular flexibility index (Phi) is 5.68. The van der Waals surface area contributed by atoms with Gasteiger partial charge in [-0.2, -0.15) is 0 Å². The number of carbonyl (C=O) groups excluding carboxylic acids is 3. The van der Waals surface area contributed by atoms with Crippen molar-refractivity contribution in [2.45, 2.75) is 13.8 Å². The van der Waals surface area contributed by atoms with Crippen molar-refractivity contribution in [2.24, 2.45) is 0 Å². The van der Waals surface area contributed by atoms with E-state index in [9.17, 15) is 14.4 Å². The van der Waals surface area contributed by atoms with Crippen molar-refractivity contribution in [1.82, 2.24) is 4.90 Å². The monoisotopic (exact) mass is 400 g/mol. The molecule has 2 aromatic rings. The van der Waals surface area contributed by atoms with Crippen LogP contribution in [0.25, 0.3) is 6.08 Å². The summed E-state index contributed by atoms with van der Waals surface area (Å²) in [6, 6.07) is 12.6. The summed E-state index contributed by atoms with van der Waals surface area (Å²) < 4.78 is 0. The fourth-order valence-electron chi connectivity index (χ4n) is 2.53. The second-order valence-corrected chi connectivity index (χ2v) is 7.54. The van der Waals surface area contributed by atoms with Crippen molar-refractivity contribution >= 4 is 52.2 Å². The highest BCUT2D eigenvalue weighted by Gasteiger charge is 2.36. The number of aryl methyl sites for hydroxylation is 2. The molecule has 0 radical (unpaired) electrons. The summed E-state index contributed by atoms with van der Waals surface area (Å²) in [6.45, 7) is 3.59. The topological polar surface area (TPSA) is 66.5 Å². The number of halogens is 1. The summed E-state index contributed by atoms with van der Waals surface area (Å²) in [5.41, 5.74) is 3.43. The SMILES string of the molecule is Cc1ccc(NC(=O)CN2C(=O)S/C(=C/c3ccccc3Cl)C2=O)cc1C. The number of rotatable bonds is 4. The maximum atomic E-state index is 12.5. The van der Waals surface area contributed by atoms with E-state index in [1.165, 1.54) is 0 Å². The normalized spacial score (nSPS) is 15.5. The van der Waals surface area contributed by atoms with Crippen molar-refractivity contribution in [2.75, 3.05) is 11.9 Å². The van der Waals surface area contributed by atoms with Crippen LogP contribution < -0.4 is 5.32 Å². The predicted molar refractivity (Wildman–Crippen MR) is 109 cm³/mol. The molecule has 27 heavy (non-hydrogen) atoms. The Hall–Kier alpha value is -2.57. The van der Waals surface area contributed by atoms with Gasteiger partial charge in [0, 0.05) is 10.7 Å². The van der Waals surface area contributed by atoms with Crippen LogP contribution in [-0.2, 0) is 9.59 Å². The molecule has 0 aliphatic carbocycles. The molecule has 1 N–H and O–H groups in total. The van der Waals surface area contributed by atoms with Crippen molar-refractivity contribution in [3.63, 3.8) is 0 Å². The van der Waals surface area contributed by atoms with Crippen LogP contribution in [-0.4, -0.2) is 28.5 Å². The zero-order valence-electron chi connectivity index (χ0n) is 14.8. The van der Waals surface area contributed by atoms with E-state index in [1.54, 1.807) is 36.4 Å². The molecular weight excluding hydrogens is 384 g/mol. The molecule has 2 aromatic carbocycles. The Balaban J connectivity index is 1.71. The highest BCUT2D eigenvalue weighted by molar-refractivity contribution is 8.18. The maximum absolute atomic E-state index is 12.5. The molecular formula is C20H17ClN2O3S. The van der Waals surface area contributed by atoms with Gasteiger partial charge in [-0.1, -0.05) is 35.9 Å². The minimum absolute atomic E-state index is 0.243. The van der Waals surface area contributed by atoms with Gasteiger partial charge < -0.3 is 5.32 Å². The van der Waals surface area contributed by atoms with E-state index in [0.717, 1.165) is 27.8 Å². The van der Waals surface area contributed by atoms with Gasteiger partial charge in [-0.15, -0.1) is 0 Å². The molecule has 0 spiro atoms. The Morgan fingerprint density at radius 2 is 1.89 bits per heavy atom. The number of amides is 3. The van der Waals surface area contributed by atoms with Gasteiger partial charge >= 0.3 is 0 Å². The van der Waals surface area contributed by atoms with E-state index in [1.807, 2.05) is 26.0 Å². The summed E-state index contributed by atoms with van der Waals surface area (Å²) in [6.07, 6.45) is 1.56. The van der Waals surface area contributed by atoms with Crippen LogP contribution in [0.3, 0.4) is 0 Å². The first-order chi connectivity index (χ1) is 12.8. The van der Waals surface area contributed by atoms with Crippen LogP contribution in [0, 0.1) is 13.8 Å². The quantitative estimate of drug-likeness (QED) is 0.759. The fraction of sp³-hybridized carbons (Fsp3) is 0.150. The van der Waals surface area contributed by atoms with Crippen molar-refractivity contribution < 1.29 is 14.4 Å². The molecule has 3 rings (SSSR count). The molecule has 138 valence electrons. The van der Waals surface area contributed by atoms with Gasteiger partial charge in [0.2, 0.25) is 5.91 Å². The Morgan fingerprint density at radius 3 is 2.59 bits per heavy atom. The van der Waals surface area contributed by atoms with Crippen molar-refractivity contribution in [3.8, 4) is 0 Å². The highest BCUT2D eigenvalue weighted by atomic mass is 35.5. The van der Waals surface area contributed by atoms with E-state index < -0.39 is 17.1 Å². The first-order valence-corrected chi connectivity index (χ1v) is 9.41. The largest absolute Gasteiger partial charge is 0.325 e. The molecule has 0 aromatic heterocycles. The molecule has 1 aliphatic rings. The third-order valence-corrected chi connectivity index (χ3v) is 5.41. The molecule has 7 heteroatoms. The third kappa shape index (κ3) is 4.40. The lowest BCUT2D eigenvalue weighted by Crippen LogP contribution is -2.36. The van der Waals surface area contributed by atoms with Crippen LogP contribution in [0.5, 0.6) is 0 Å². The highest BCUT2D eigenvalue weighted by Crippen LogP contribution is 2.33. The molecule has 0 bridgehead atoms. The maximum Gasteiger partial charge on any atom is 0.294 e. The molecule has 1 heterocycles. The lowest BCUT2D eigenvalue weighted by Gasteiger charge is -2.13. The van der Waals surface area contributed by atoms with Gasteiger partial charge in [-0.05, 0) is 66.6 Å². The van der Waals surface area contributed by atoms with Crippen molar-refractivity contribution in [1.29, 1.82) is 0 Å². The molecule has 0 atom stereocenters. The van der Waals surface area contributed by atoms with E-state index in [-0.39, 0.29) is 11.4 Å². The van der Waals surface area contributed by atoms with E-state index in [2.05, 4.69) is 5.32 Å². The van der Waals surface area contributed by atoms with Gasteiger partial charge in [0.15, 0.2) is 0 Å². The van der Waals surface area contributed by atoms with Gasteiger partial charge in [0.25, 0.3) is 11.1 Å². The molecule has 1 saturated heterocycles. The summed E-state index contributed by atoms with van der Waals surface area (Å²) >= 11 is 6.89. The van der Waals surface area contributed by atoms with E-state index >= 15 is 0 Å². The van der Waals surface area contributed by atoms with Crippen LogP contribution in [0.15, 0.2) is 47.4 Å². The molecule has 0 saturated carbocycles. The number of carbonyl (C=O) groups is 3. The second-order valence-electron chi connectivity index (χ2n) is 6.14. The molecule has 3 amide bonds. The van der Waals surface area contributed by atoms with Gasteiger partial charge in [0.1, 0.15) is 6.54 Å². The molecule has 5 nitrogen and oxygen atoms in total. The minimum atomic E-state index is -0.500. The zero-order chi connectivity index (χ0) is 19.6. The molecule has 0 unspecified atom stereocenters. The van der Waals surface area contributed by atoms with Gasteiger partial charge in [0.05, 0.1) is 4.91 Å². The summed E-state index contributed by atoms with van der Waals surface area (Å²) in [7, 11) is 0. The lowest BCUT2D eigenvalue weighted by molar-refractivity contribution is -0.127. The van der Waals surface area contributed by atoms with Gasteiger partial charge in [-0.25, -0.2) is 0 Å². The molecule has 1 aliphatic heterocycles. The van der Waals surface area contributed by atoms with Gasteiger partial charge in [-0.3, -0.25) is 19.3 Å². The number of thioether (sulfide) groups is 1. The number of hydrogen-bond acceptors (Lipinski definition) is 4. The zero-order valence-corrected chi connectivity index (χ0v) is 16.4. The van der Waals surface area contributed by atoms with Crippen LogP contribution in [0.4, 0.5) is 10.5 Å². The number of nitrogens with one attached hydrogen (secondary N) is 1. The number of imide groups is 1. The standard InChI is InChI=1S/C20H17ClN2O3S/c1-12-7-8-15(9-13(12)2)22-18(24)11-23-19(25)17(27-20(23)26)10-14-5-3-4-6-16(14)21/h3-10H,11H2,1-2H3,(H,22,24)/b17-10+. The molecule has 1 fully saturated rings. The average Bonchev–Trinajstić information content (AvgIpc) is 2.88. The predicted octanol–water partition coefficient (Wildman–Crippen LogP) is 4.63. The second kappa shape index (κ2) is 7.98. The Labute approximate surface area is 166 Å². The lowest BCUT2D eigenvalue weighted by atomic mass is 10.1. The summed E-state index contributed by atoms with van der Waals surface area (Å²) in [5.74, 6) is -0.931. The fourth-order valence-corrected chi connectivity index (χ4v) is 3.55. The third-order valence-electron chi connectivity index (χ3n) is 4.16.